The van der Waals surface area contributed by atoms with Crippen molar-refractivity contribution in [2.45, 2.75) is 71.6 Å². The average molecular weight is 316 g/mol. The minimum atomic E-state index is 0.0941. The van der Waals surface area contributed by atoms with Crippen LogP contribution in [-0.4, -0.2) is 17.5 Å². The third-order valence-electron chi connectivity index (χ3n) is 8.52. The van der Waals surface area contributed by atoms with Gasteiger partial charge < -0.3 is 5.11 Å². The van der Waals surface area contributed by atoms with Crippen LogP contribution in [0.2, 0.25) is 0 Å². The van der Waals surface area contributed by atoms with Crippen molar-refractivity contribution in [3.05, 3.63) is 11.6 Å². The van der Waals surface area contributed by atoms with Gasteiger partial charge in [0.2, 0.25) is 0 Å². The standard InChI is InChI=1S/C21H32O2/c1-14(23)17-8-9-18-16-7-6-15-5-3-4-11-21(15,13-22)19(16)10-12-20(17,18)2/h5,16-19,22H,3-4,6-13H2,1-2H3/t16-,17+,18-,19-,20+,21+/m0/s1. The molecule has 0 aromatic rings. The Bertz CT molecular complexity index is 536. The van der Waals surface area contributed by atoms with Gasteiger partial charge in [-0.25, -0.2) is 0 Å². The van der Waals surface area contributed by atoms with E-state index in [4.69, 9.17) is 0 Å². The number of aliphatic hydroxyl groups is 1. The second-order valence-corrected chi connectivity index (χ2v) is 9.14. The van der Waals surface area contributed by atoms with Gasteiger partial charge in [-0.1, -0.05) is 18.6 Å². The summed E-state index contributed by atoms with van der Waals surface area (Å²) in [5.41, 5.74) is 1.91. The number of carbonyl (C=O) groups is 1. The quantitative estimate of drug-likeness (QED) is 0.761. The summed E-state index contributed by atoms with van der Waals surface area (Å²) in [5, 5.41) is 10.4. The number of hydrogen-bond acceptors (Lipinski definition) is 2. The number of rotatable bonds is 2. The summed E-state index contributed by atoms with van der Waals surface area (Å²) in [6, 6.07) is 0. The predicted molar refractivity (Wildman–Crippen MR) is 91.9 cm³/mol. The van der Waals surface area contributed by atoms with Crippen LogP contribution in [0.5, 0.6) is 0 Å². The number of allylic oxidation sites excluding steroid dienone is 1. The molecule has 2 heteroatoms. The summed E-state index contributed by atoms with van der Waals surface area (Å²) < 4.78 is 0. The monoisotopic (exact) mass is 316 g/mol. The minimum absolute atomic E-state index is 0.0941. The molecule has 23 heavy (non-hydrogen) atoms. The van der Waals surface area contributed by atoms with Gasteiger partial charge in [-0.15, -0.1) is 0 Å². The summed E-state index contributed by atoms with van der Waals surface area (Å²) in [6.45, 7) is 4.56. The number of aliphatic hydroxyl groups excluding tert-OH is 1. The normalized spacial score (nSPS) is 48.9. The maximum absolute atomic E-state index is 12.2. The van der Waals surface area contributed by atoms with Crippen molar-refractivity contribution < 1.29 is 9.90 Å². The van der Waals surface area contributed by atoms with Crippen molar-refractivity contribution in [3.8, 4) is 0 Å². The fraction of sp³-hybridized carbons (Fsp3) is 0.857. The Kier molecular flexibility index (Phi) is 3.75. The molecule has 0 saturated heterocycles. The van der Waals surface area contributed by atoms with Gasteiger partial charge in [0.15, 0.2) is 0 Å². The Morgan fingerprint density at radius 1 is 1.22 bits per heavy atom. The first-order valence-corrected chi connectivity index (χ1v) is 9.84. The van der Waals surface area contributed by atoms with Crippen LogP contribution >= 0.6 is 0 Å². The first-order chi connectivity index (χ1) is 11.0. The molecule has 0 heterocycles. The molecule has 0 amide bonds. The molecule has 0 spiro atoms. The summed E-state index contributed by atoms with van der Waals surface area (Å²) in [5.74, 6) is 2.82. The highest BCUT2D eigenvalue weighted by molar-refractivity contribution is 5.79. The molecule has 0 aromatic heterocycles. The molecule has 0 bridgehead atoms. The van der Waals surface area contributed by atoms with Gasteiger partial charge in [-0.3, -0.25) is 4.79 Å². The molecular formula is C21H32O2. The minimum Gasteiger partial charge on any atom is -0.395 e. The molecule has 0 aromatic carbocycles. The molecular weight excluding hydrogens is 284 g/mol. The highest BCUT2D eigenvalue weighted by Crippen LogP contribution is 2.66. The van der Waals surface area contributed by atoms with Crippen LogP contribution in [0.15, 0.2) is 11.6 Å². The number of ketones is 1. The third-order valence-corrected chi connectivity index (χ3v) is 8.52. The lowest BCUT2D eigenvalue weighted by atomic mass is 9.46. The van der Waals surface area contributed by atoms with Crippen LogP contribution in [0.25, 0.3) is 0 Å². The molecule has 2 nitrogen and oxygen atoms in total. The Labute approximate surface area is 140 Å². The Morgan fingerprint density at radius 2 is 2.04 bits per heavy atom. The van der Waals surface area contributed by atoms with Gasteiger partial charge in [0.1, 0.15) is 5.78 Å². The van der Waals surface area contributed by atoms with E-state index >= 15 is 0 Å². The van der Waals surface area contributed by atoms with Crippen LogP contribution in [0.3, 0.4) is 0 Å². The number of hydrogen-bond donors (Lipinski definition) is 1. The fourth-order valence-corrected chi connectivity index (χ4v) is 7.50. The molecule has 4 aliphatic rings. The SMILES string of the molecule is CC(=O)[C@H]1CC[C@H]2[C@@H]3CCC4=CCCC[C@]4(CO)[C@H]3CC[C@]12C. The maximum Gasteiger partial charge on any atom is 0.133 e. The first kappa shape index (κ1) is 15.9. The summed E-state index contributed by atoms with van der Waals surface area (Å²) in [7, 11) is 0. The third kappa shape index (κ3) is 2.06. The van der Waals surface area contributed by atoms with E-state index in [0.29, 0.717) is 30.1 Å². The van der Waals surface area contributed by atoms with Gasteiger partial charge in [0, 0.05) is 11.3 Å². The van der Waals surface area contributed by atoms with Crippen LogP contribution in [0.4, 0.5) is 0 Å². The maximum atomic E-state index is 12.2. The number of carbonyl (C=O) groups excluding carboxylic acids is 1. The number of fused-ring (bicyclic) bond motifs is 5. The second kappa shape index (κ2) is 5.44. The van der Waals surface area contributed by atoms with E-state index in [1.807, 2.05) is 6.92 Å². The van der Waals surface area contributed by atoms with E-state index in [1.54, 1.807) is 5.57 Å². The zero-order valence-electron chi connectivity index (χ0n) is 14.8. The summed E-state index contributed by atoms with van der Waals surface area (Å²) in [6.07, 6.45) is 13.3. The molecule has 128 valence electrons. The lowest BCUT2D eigenvalue weighted by Gasteiger charge is -2.58. The topological polar surface area (TPSA) is 37.3 Å². The molecule has 4 rings (SSSR count). The predicted octanol–water partition coefficient (Wildman–Crippen LogP) is 4.52. The van der Waals surface area contributed by atoms with E-state index in [0.717, 1.165) is 12.3 Å². The van der Waals surface area contributed by atoms with E-state index in [-0.39, 0.29) is 10.8 Å². The van der Waals surface area contributed by atoms with Gasteiger partial charge in [0.05, 0.1) is 6.61 Å². The molecule has 0 aliphatic heterocycles. The average Bonchev–Trinajstić information content (AvgIpc) is 2.91. The zero-order chi connectivity index (χ0) is 16.2. The molecule has 3 saturated carbocycles. The van der Waals surface area contributed by atoms with Crippen molar-refractivity contribution in [1.82, 2.24) is 0 Å². The van der Waals surface area contributed by atoms with Crippen molar-refractivity contribution in [2.75, 3.05) is 6.61 Å². The summed E-state index contributed by atoms with van der Waals surface area (Å²) in [4.78, 5) is 12.2. The molecule has 1 N–H and O–H groups in total. The van der Waals surface area contributed by atoms with Crippen LogP contribution in [-0.2, 0) is 4.79 Å². The van der Waals surface area contributed by atoms with Gasteiger partial charge in [-0.2, -0.15) is 0 Å². The fourth-order valence-electron chi connectivity index (χ4n) is 7.50. The smallest absolute Gasteiger partial charge is 0.133 e. The van der Waals surface area contributed by atoms with Gasteiger partial charge in [-0.05, 0) is 87.9 Å². The molecule has 0 radical (unpaired) electrons. The Balaban J connectivity index is 1.68. The van der Waals surface area contributed by atoms with Gasteiger partial charge >= 0.3 is 0 Å². The van der Waals surface area contributed by atoms with E-state index in [1.165, 1.54) is 51.4 Å². The lowest BCUT2D eigenvalue weighted by molar-refractivity contribution is -0.128. The first-order valence-electron chi connectivity index (χ1n) is 9.84. The Morgan fingerprint density at radius 3 is 2.78 bits per heavy atom. The largest absolute Gasteiger partial charge is 0.395 e. The molecule has 6 atom stereocenters. The van der Waals surface area contributed by atoms with Crippen LogP contribution in [0.1, 0.15) is 71.6 Å². The lowest BCUT2D eigenvalue weighted by Crippen LogP contribution is -2.52. The van der Waals surface area contributed by atoms with E-state index < -0.39 is 0 Å². The second-order valence-electron chi connectivity index (χ2n) is 9.14. The van der Waals surface area contributed by atoms with Crippen molar-refractivity contribution in [3.63, 3.8) is 0 Å². The van der Waals surface area contributed by atoms with Crippen molar-refractivity contribution in [2.24, 2.45) is 34.5 Å². The Hall–Kier alpha value is -0.630. The highest BCUT2D eigenvalue weighted by Gasteiger charge is 2.60. The zero-order valence-corrected chi connectivity index (χ0v) is 14.8. The molecule has 4 aliphatic carbocycles. The van der Waals surface area contributed by atoms with Crippen LogP contribution < -0.4 is 0 Å². The van der Waals surface area contributed by atoms with Crippen LogP contribution in [0, 0.1) is 34.5 Å². The molecule has 3 fully saturated rings. The van der Waals surface area contributed by atoms with Crippen molar-refractivity contribution >= 4 is 5.78 Å². The van der Waals surface area contributed by atoms with E-state index in [9.17, 15) is 9.90 Å². The van der Waals surface area contributed by atoms with Crippen molar-refractivity contribution in [1.29, 1.82) is 0 Å². The van der Waals surface area contributed by atoms with E-state index in [2.05, 4.69) is 13.0 Å². The number of Topliss-reactive ketones (excluding diaryl/α,β-unsaturated/α-hetero) is 1. The highest BCUT2D eigenvalue weighted by atomic mass is 16.3. The summed E-state index contributed by atoms with van der Waals surface area (Å²) >= 11 is 0. The van der Waals surface area contributed by atoms with Gasteiger partial charge in [0.25, 0.3) is 0 Å². The molecule has 0 unspecified atom stereocenters.